The van der Waals surface area contributed by atoms with Crippen molar-refractivity contribution in [3.8, 4) is 11.8 Å². The number of hydrogen-bond acceptors (Lipinski definition) is 3. The number of nitrogens with one attached hydrogen (secondary N) is 1. The maximum atomic E-state index is 12.1. The van der Waals surface area contributed by atoms with E-state index < -0.39 is 0 Å². The van der Waals surface area contributed by atoms with E-state index >= 15 is 0 Å². The summed E-state index contributed by atoms with van der Waals surface area (Å²) in [4.78, 5) is 16.1. The Balaban J connectivity index is 2.17. The van der Waals surface area contributed by atoms with E-state index in [4.69, 9.17) is 16.7 Å². The van der Waals surface area contributed by atoms with Gasteiger partial charge in [-0.2, -0.15) is 0 Å². The molecule has 2 N–H and O–H groups in total. The van der Waals surface area contributed by atoms with Gasteiger partial charge in [-0.25, -0.2) is 4.98 Å². The molecule has 6 heteroatoms. The number of aryl methyl sites for hydroxylation is 1. The quantitative estimate of drug-likeness (QED) is 0.827. The third-order valence-corrected chi connectivity index (χ3v) is 2.72. The van der Waals surface area contributed by atoms with Crippen LogP contribution in [0.4, 0.5) is 5.82 Å². The zero-order valence-electron chi connectivity index (χ0n) is 10.7. The Morgan fingerprint density at radius 3 is 3.00 bits per heavy atom. The highest BCUT2D eigenvalue weighted by Gasteiger charge is 2.11. The molecule has 0 aliphatic rings. The van der Waals surface area contributed by atoms with E-state index in [2.05, 4.69) is 22.1 Å². The van der Waals surface area contributed by atoms with Gasteiger partial charge >= 0.3 is 0 Å². The van der Waals surface area contributed by atoms with E-state index in [0.29, 0.717) is 22.1 Å². The largest absolute Gasteiger partial charge is 0.384 e. The van der Waals surface area contributed by atoms with Crippen molar-refractivity contribution < 1.29 is 9.90 Å². The molecule has 0 radical (unpaired) electrons. The fourth-order valence-corrected chi connectivity index (χ4v) is 1.90. The molecule has 0 unspecified atom stereocenters. The smallest absolute Gasteiger partial charge is 0.273 e. The minimum Gasteiger partial charge on any atom is -0.384 e. The summed E-state index contributed by atoms with van der Waals surface area (Å²) < 4.78 is 1.63. The number of aromatic nitrogens is 2. The van der Waals surface area contributed by atoms with Gasteiger partial charge in [0.25, 0.3) is 5.91 Å². The third kappa shape index (κ3) is 3.38. The summed E-state index contributed by atoms with van der Waals surface area (Å²) in [6.45, 7) is -0.216. The molecule has 0 aromatic carbocycles. The maximum Gasteiger partial charge on any atom is 0.273 e. The van der Waals surface area contributed by atoms with Crippen LogP contribution in [0.3, 0.4) is 0 Å². The normalized spacial score (nSPS) is 9.75. The van der Waals surface area contributed by atoms with Gasteiger partial charge in [-0.3, -0.25) is 4.79 Å². The monoisotopic (exact) mass is 289 g/mol. The van der Waals surface area contributed by atoms with Gasteiger partial charge in [-0.05, 0) is 18.2 Å². The summed E-state index contributed by atoms with van der Waals surface area (Å²) in [6.07, 6.45) is 3.18. The minimum absolute atomic E-state index is 0.216. The van der Waals surface area contributed by atoms with Crippen LogP contribution in [-0.4, -0.2) is 27.2 Å². The highest BCUT2D eigenvalue weighted by molar-refractivity contribution is 6.31. The zero-order valence-corrected chi connectivity index (χ0v) is 11.5. The van der Waals surface area contributed by atoms with Crippen LogP contribution < -0.4 is 5.32 Å². The summed E-state index contributed by atoms with van der Waals surface area (Å²) in [5.41, 5.74) is 1.10. The van der Waals surface area contributed by atoms with E-state index in [1.165, 1.54) is 6.20 Å². The second-order valence-electron chi connectivity index (χ2n) is 4.00. The fraction of sp³-hybridized carbons (Fsp3) is 0.143. The lowest BCUT2D eigenvalue weighted by atomic mass is 10.2. The maximum absolute atomic E-state index is 12.1. The highest BCUT2D eigenvalue weighted by Crippen LogP contribution is 2.14. The Labute approximate surface area is 121 Å². The Morgan fingerprint density at radius 2 is 2.35 bits per heavy atom. The van der Waals surface area contributed by atoms with Crippen LogP contribution in [0.25, 0.3) is 0 Å². The van der Waals surface area contributed by atoms with Gasteiger partial charge in [-0.15, -0.1) is 0 Å². The number of carbonyl (C=O) groups is 1. The summed E-state index contributed by atoms with van der Waals surface area (Å²) >= 11 is 5.84. The number of amides is 1. The number of hydrogen-bond donors (Lipinski definition) is 2. The fourth-order valence-electron chi connectivity index (χ4n) is 1.65. The molecule has 2 rings (SSSR count). The molecule has 0 saturated carbocycles. The lowest BCUT2D eigenvalue weighted by molar-refractivity contribution is 0.101. The third-order valence-electron chi connectivity index (χ3n) is 2.52. The van der Waals surface area contributed by atoms with Crippen LogP contribution in [0.5, 0.6) is 0 Å². The number of carbonyl (C=O) groups excluding carboxylic acids is 1. The number of rotatable bonds is 2. The molecule has 0 fully saturated rings. The van der Waals surface area contributed by atoms with Crippen molar-refractivity contribution in [2.45, 2.75) is 0 Å². The Morgan fingerprint density at radius 1 is 1.55 bits per heavy atom. The molecule has 2 heterocycles. The molecular weight excluding hydrogens is 278 g/mol. The second kappa shape index (κ2) is 6.24. The van der Waals surface area contributed by atoms with Gasteiger partial charge in [0.2, 0.25) is 0 Å². The molecule has 1 amide bonds. The Bertz CT molecular complexity index is 698. The number of halogens is 1. The number of anilines is 1. The molecule has 20 heavy (non-hydrogen) atoms. The molecular formula is C14H12ClN3O2. The first kappa shape index (κ1) is 14.1. The van der Waals surface area contributed by atoms with Crippen LogP contribution in [0, 0.1) is 11.8 Å². The lowest BCUT2D eigenvalue weighted by Gasteiger charge is -2.05. The van der Waals surface area contributed by atoms with Crippen molar-refractivity contribution in [1.29, 1.82) is 0 Å². The molecule has 102 valence electrons. The van der Waals surface area contributed by atoms with E-state index in [9.17, 15) is 4.79 Å². The van der Waals surface area contributed by atoms with Crippen molar-refractivity contribution in [2.75, 3.05) is 11.9 Å². The molecule has 5 nitrogen and oxygen atoms in total. The van der Waals surface area contributed by atoms with E-state index in [0.717, 1.165) is 0 Å². The van der Waals surface area contributed by atoms with Crippen LogP contribution in [-0.2, 0) is 7.05 Å². The molecule has 2 aromatic heterocycles. The Hall–Kier alpha value is -2.29. The summed E-state index contributed by atoms with van der Waals surface area (Å²) in [5, 5.41) is 11.8. The predicted molar refractivity (Wildman–Crippen MR) is 76.6 cm³/mol. The number of aliphatic hydroxyl groups excluding tert-OH is 1. The zero-order chi connectivity index (χ0) is 14.5. The van der Waals surface area contributed by atoms with Crippen LogP contribution >= 0.6 is 11.6 Å². The summed E-state index contributed by atoms with van der Waals surface area (Å²) in [5.74, 6) is 5.36. The first-order valence-corrected chi connectivity index (χ1v) is 6.17. The molecule has 0 bridgehead atoms. The van der Waals surface area contributed by atoms with E-state index in [1.54, 1.807) is 36.0 Å². The molecule has 0 aliphatic carbocycles. The van der Waals surface area contributed by atoms with Crippen molar-refractivity contribution in [1.82, 2.24) is 9.55 Å². The lowest BCUT2D eigenvalue weighted by Crippen LogP contribution is -2.16. The van der Waals surface area contributed by atoms with Gasteiger partial charge in [-0.1, -0.05) is 23.4 Å². The molecule has 2 aromatic rings. The van der Waals surface area contributed by atoms with Crippen molar-refractivity contribution in [3.63, 3.8) is 0 Å². The summed E-state index contributed by atoms with van der Waals surface area (Å²) in [7, 11) is 1.73. The molecule has 0 spiro atoms. The predicted octanol–water partition coefficient (Wildman–Crippen LogP) is 1.67. The average molecular weight is 290 g/mol. The second-order valence-corrected chi connectivity index (χ2v) is 4.43. The van der Waals surface area contributed by atoms with Crippen LogP contribution in [0.2, 0.25) is 5.02 Å². The van der Waals surface area contributed by atoms with Crippen LogP contribution in [0.15, 0.2) is 30.6 Å². The average Bonchev–Trinajstić information content (AvgIpc) is 2.76. The number of nitrogens with zero attached hydrogens (tertiary/aromatic N) is 2. The number of pyridine rings is 1. The van der Waals surface area contributed by atoms with Crippen molar-refractivity contribution in [2.24, 2.45) is 7.05 Å². The van der Waals surface area contributed by atoms with Gasteiger partial charge < -0.3 is 15.0 Å². The van der Waals surface area contributed by atoms with Gasteiger partial charge in [0.05, 0.1) is 5.02 Å². The highest BCUT2D eigenvalue weighted by atomic mass is 35.5. The Kier molecular flexibility index (Phi) is 4.41. The van der Waals surface area contributed by atoms with Gasteiger partial charge in [0.1, 0.15) is 18.1 Å². The topological polar surface area (TPSA) is 67.2 Å². The van der Waals surface area contributed by atoms with Crippen molar-refractivity contribution in [3.05, 3.63) is 46.9 Å². The van der Waals surface area contributed by atoms with Gasteiger partial charge in [0, 0.05) is 25.0 Å². The number of aliphatic hydroxyl groups is 1. The van der Waals surface area contributed by atoms with Crippen molar-refractivity contribution >= 4 is 23.3 Å². The first-order chi connectivity index (χ1) is 9.60. The van der Waals surface area contributed by atoms with Gasteiger partial charge in [0.15, 0.2) is 0 Å². The summed E-state index contributed by atoms with van der Waals surface area (Å²) in [6, 6.07) is 4.90. The minimum atomic E-state index is -0.306. The first-order valence-electron chi connectivity index (χ1n) is 5.79. The molecule has 0 aliphatic heterocycles. The standard InChI is InChI=1S/C14H12ClN3O2/c1-18-9-11(15)8-12(18)14(20)17-13-7-10(3-2-6-19)4-5-16-13/h4-5,7-9,19H,6H2,1H3,(H,16,17,20). The van der Waals surface area contributed by atoms with Crippen LogP contribution in [0.1, 0.15) is 16.1 Å². The molecule has 0 atom stereocenters. The van der Waals surface area contributed by atoms with E-state index in [1.807, 2.05) is 0 Å². The SMILES string of the molecule is Cn1cc(Cl)cc1C(=O)Nc1cc(C#CCO)ccn1. The van der Waals surface area contributed by atoms with E-state index in [-0.39, 0.29) is 12.5 Å². The molecule has 0 saturated heterocycles.